The van der Waals surface area contributed by atoms with Crippen LogP contribution in [0.2, 0.25) is 0 Å². The Morgan fingerprint density at radius 2 is 1.80 bits per heavy atom. The van der Waals surface area contributed by atoms with E-state index in [0.717, 1.165) is 48.8 Å². The maximum atomic E-state index is 13.8. The number of hydrogen-bond donors (Lipinski definition) is 0. The average Bonchev–Trinajstić information content (AvgIpc) is 2.68. The zero-order chi connectivity index (χ0) is 21.9. The highest BCUT2D eigenvalue weighted by Gasteiger charge is 2.38. The molecule has 0 aromatic heterocycles. The summed E-state index contributed by atoms with van der Waals surface area (Å²) in [5, 5.41) is 0. The summed E-state index contributed by atoms with van der Waals surface area (Å²) >= 11 is 3.49. The Morgan fingerprint density at radius 1 is 1.13 bits per heavy atom. The molecule has 0 radical (unpaired) electrons. The van der Waals surface area contributed by atoms with E-state index in [2.05, 4.69) is 32.7 Å². The zero-order valence-corrected chi connectivity index (χ0v) is 18.8. The SMILES string of the molecule is CCN1CCN(Cc2cc(Br)ccc2OCC2=CC(C(F)(F)F)=C(F)CC2C)CC1. The van der Waals surface area contributed by atoms with Crippen LogP contribution in [0.25, 0.3) is 0 Å². The van der Waals surface area contributed by atoms with Gasteiger partial charge in [-0.15, -0.1) is 0 Å². The number of hydrogen-bond acceptors (Lipinski definition) is 3. The maximum absolute atomic E-state index is 13.8. The first kappa shape index (κ1) is 23.3. The number of halogens is 5. The van der Waals surface area contributed by atoms with Gasteiger partial charge in [0.2, 0.25) is 0 Å². The summed E-state index contributed by atoms with van der Waals surface area (Å²) in [4.78, 5) is 4.75. The monoisotopic (exact) mass is 490 g/mol. The van der Waals surface area contributed by atoms with Gasteiger partial charge in [-0.1, -0.05) is 29.8 Å². The van der Waals surface area contributed by atoms with E-state index >= 15 is 0 Å². The lowest BCUT2D eigenvalue weighted by atomic mass is 9.89. The van der Waals surface area contributed by atoms with Crippen LogP contribution in [-0.2, 0) is 6.54 Å². The fourth-order valence-corrected chi connectivity index (χ4v) is 4.22. The summed E-state index contributed by atoms with van der Waals surface area (Å²) in [6.45, 7) is 9.59. The summed E-state index contributed by atoms with van der Waals surface area (Å²) in [6, 6.07) is 5.67. The van der Waals surface area contributed by atoms with E-state index in [0.29, 0.717) is 17.9 Å². The van der Waals surface area contributed by atoms with Crippen LogP contribution in [0.15, 0.2) is 45.7 Å². The number of ether oxygens (including phenoxy) is 1. The molecule has 1 aromatic rings. The molecule has 0 bridgehead atoms. The summed E-state index contributed by atoms with van der Waals surface area (Å²) in [6.07, 6.45) is -4.04. The Morgan fingerprint density at radius 3 is 2.43 bits per heavy atom. The third-order valence-electron chi connectivity index (χ3n) is 5.77. The second kappa shape index (κ2) is 9.83. The van der Waals surface area contributed by atoms with Crippen LogP contribution in [-0.4, -0.2) is 55.3 Å². The summed E-state index contributed by atoms with van der Waals surface area (Å²) in [5.41, 5.74) is 0.245. The van der Waals surface area contributed by atoms with Crippen LogP contribution < -0.4 is 4.74 Å². The lowest BCUT2D eigenvalue weighted by Gasteiger charge is -2.34. The lowest BCUT2D eigenvalue weighted by molar-refractivity contribution is -0.0907. The fourth-order valence-electron chi connectivity index (χ4n) is 3.81. The van der Waals surface area contributed by atoms with Crippen molar-refractivity contribution in [2.75, 3.05) is 39.3 Å². The molecule has 0 N–H and O–H groups in total. The Labute approximate surface area is 183 Å². The summed E-state index contributed by atoms with van der Waals surface area (Å²) in [5.74, 6) is -0.792. The molecule has 1 atom stereocenters. The second-order valence-electron chi connectivity index (χ2n) is 7.89. The third kappa shape index (κ3) is 5.86. The zero-order valence-electron chi connectivity index (χ0n) is 17.2. The largest absolute Gasteiger partial charge is 0.489 e. The van der Waals surface area contributed by atoms with Gasteiger partial charge in [0.1, 0.15) is 18.2 Å². The number of nitrogens with zero attached hydrogens (tertiary/aromatic N) is 2. The Bertz CT molecular complexity index is 814. The Hall–Kier alpha value is -1.38. The molecular formula is C22H27BrF4N2O. The molecule has 0 saturated carbocycles. The van der Waals surface area contributed by atoms with E-state index in [-0.39, 0.29) is 18.9 Å². The summed E-state index contributed by atoms with van der Waals surface area (Å²) < 4.78 is 59.9. The first-order valence-corrected chi connectivity index (χ1v) is 11.0. The molecule has 0 spiro atoms. The van der Waals surface area contributed by atoms with E-state index in [4.69, 9.17) is 4.74 Å². The maximum Gasteiger partial charge on any atom is 0.418 e. The second-order valence-corrected chi connectivity index (χ2v) is 8.81. The Kier molecular flexibility index (Phi) is 7.63. The molecule has 2 aliphatic rings. The minimum atomic E-state index is -4.70. The highest BCUT2D eigenvalue weighted by atomic mass is 79.9. The molecule has 3 rings (SSSR count). The van der Waals surface area contributed by atoms with Gasteiger partial charge >= 0.3 is 6.18 Å². The highest BCUT2D eigenvalue weighted by molar-refractivity contribution is 9.10. The van der Waals surface area contributed by atoms with E-state index < -0.39 is 17.6 Å². The molecule has 1 aliphatic heterocycles. The predicted octanol–water partition coefficient (Wildman–Crippen LogP) is 5.72. The van der Waals surface area contributed by atoms with Gasteiger partial charge in [-0.3, -0.25) is 4.90 Å². The number of alkyl halides is 3. The van der Waals surface area contributed by atoms with Gasteiger partial charge in [0, 0.05) is 49.2 Å². The minimum Gasteiger partial charge on any atom is -0.489 e. The minimum absolute atomic E-state index is 0.00622. The molecule has 166 valence electrons. The van der Waals surface area contributed by atoms with E-state index in [9.17, 15) is 17.6 Å². The van der Waals surface area contributed by atoms with Gasteiger partial charge in [0.25, 0.3) is 0 Å². The third-order valence-corrected chi connectivity index (χ3v) is 6.26. The molecule has 1 aromatic carbocycles. The molecule has 1 unspecified atom stereocenters. The molecule has 1 saturated heterocycles. The van der Waals surface area contributed by atoms with Crippen LogP contribution in [0.4, 0.5) is 17.6 Å². The van der Waals surface area contributed by atoms with Crippen LogP contribution in [0.3, 0.4) is 0 Å². The van der Waals surface area contributed by atoms with Crippen molar-refractivity contribution >= 4 is 15.9 Å². The van der Waals surface area contributed by atoms with Crippen LogP contribution in [0.5, 0.6) is 5.75 Å². The van der Waals surface area contributed by atoms with Gasteiger partial charge in [0.05, 0.1) is 5.57 Å². The highest BCUT2D eigenvalue weighted by Crippen LogP contribution is 2.39. The quantitative estimate of drug-likeness (QED) is 0.474. The number of likely N-dealkylation sites (N-methyl/N-ethyl adjacent to an activating group) is 1. The number of piperazine rings is 1. The standard InChI is InChI=1S/C22H27BrF4N2O/c1-3-28-6-8-29(9-7-28)13-16-11-18(23)4-5-21(16)30-14-17-12-19(22(25,26)27)20(24)10-15(17)2/h4-5,11-12,15H,3,6-10,13-14H2,1-2H3. The molecule has 1 heterocycles. The van der Waals surface area contributed by atoms with Crippen molar-refractivity contribution in [3.63, 3.8) is 0 Å². The van der Waals surface area contributed by atoms with Crippen molar-refractivity contribution in [1.82, 2.24) is 9.80 Å². The van der Waals surface area contributed by atoms with E-state index in [1.807, 2.05) is 18.2 Å². The fraction of sp³-hybridized carbons (Fsp3) is 0.545. The van der Waals surface area contributed by atoms with Crippen LogP contribution in [0, 0.1) is 5.92 Å². The van der Waals surface area contributed by atoms with Gasteiger partial charge in [-0.05, 0) is 42.3 Å². The lowest BCUT2D eigenvalue weighted by Crippen LogP contribution is -2.45. The number of rotatable bonds is 6. The topological polar surface area (TPSA) is 15.7 Å². The van der Waals surface area contributed by atoms with Crippen LogP contribution >= 0.6 is 15.9 Å². The number of allylic oxidation sites excluding steroid dienone is 3. The van der Waals surface area contributed by atoms with Crippen molar-refractivity contribution in [1.29, 1.82) is 0 Å². The van der Waals surface area contributed by atoms with Crippen molar-refractivity contribution in [3.8, 4) is 5.75 Å². The van der Waals surface area contributed by atoms with Gasteiger partial charge in [-0.25, -0.2) is 4.39 Å². The van der Waals surface area contributed by atoms with Crippen molar-refractivity contribution < 1.29 is 22.3 Å². The van der Waals surface area contributed by atoms with Gasteiger partial charge in [0.15, 0.2) is 0 Å². The molecule has 3 nitrogen and oxygen atoms in total. The van der Waals surface area contributed by atoms with E-state index in [1.54, 1.807) is 6.92 Å². The molecule has 30 heavy (non-hydrogen) atoms. The molecular weight excluding hydrogens is 464 g/mol. The molecule has 0 amide bonds. The molecule has 1 aliphatic carbocycles. The Balaban J connectivity index is 1.71. The molecule has 8 heteroatoms. The normalized spacial score (nSPS) is 21.7. The number of benzene rings is 1. The smallest absolute Gasteiger partial charge is 0.418 e. The first-order chi connectivity index (χ1) is 14.2. The van der Waals surface area contributed by atoms with Crippen molar-refractivity contribution in [3.05, 3.63) is 51.3 Å². The van der Waals surface area contributed by atoms with Crippen LogP contribution in [0.1, 0.15) is 25.8 Å². The van der Waals surface area contributed by atoms with Gasteiger partial charge in [-0.2, -0.15) is 13.2 Å². The average molecular weight is 491 g/mol. The first-order valence-electron chi connectivity index (χ1n) is 10.2. The molecule has 1 fully saturated rings. The van der Waals surface area contributed by atoms with Crippen molar-refractivity contribution in [2.45, 2.75) is 33.0 Å². The summed E-state index contributed by atoms with van der Waals surface area (Å²) in [7, 11) is 0. The predicted molar refractivity (Wildman–Crippen MR) is 113 cm³/mol. The van der Waals surface area contributed by atoms with E-state index in [1.165, 1.54) is 0 Å². The van der Waals surface area contributed by atoms with Gasteiger partial charge < -0.3 is 9.64 Å². The van der Waals surface area contributed by atoms with Crippen molar-refractivity contribution in [2.24, 2.45) is 5.92 Å².